The summed E-state index contributed by atoms with van der Waals surface area (Å²) in [7, 11) is 0. The molecular formula is C16H13BrO3. The summed E-state index contributed by atoms with van der Waals surface area (Å²) < 4.78 is 0.832. The summed E-state index contributed by atoms with van der Waals surface area (Å²) in [6.07, 6.45) is 0. The quantitative estimate of drug-likeness (QED) is 0.864. The summed E-state index contributed by atoms with van der Waals surface area (Å²) in [4.78, 5) is 23.4. The summed E-state index contributed by atoms with van der Waals surface area (Å²) in [6.45, 7) is 1.60. The molecule has 0 bridgehead atoms. The van der Waals surface area contributed by atoms with E-state index in [4.69, 9.17) is 5.11 Å². The zero-order valence-corrected chi connectivity index (χ0v) is 12.4. The van der Waals surface area contributed by atoms with Crippen LogP contribution in [0.4, 0.5) is 0 Å². The van der Waals surface area contributed by atoms with Crippen LogP contribution >= 0.6 is 15.9 Å². The molecule has 0 aliphatic carbocycles. The second-order valence-corrected chi connectivity index (χ2v) is 5.44. The first-order chi connectivity index (χ1) is 9.49. The highest BCUT2D eigenvalue weighted by molar-refractivity contribution is 9.10. The van der Waals surface area contributed by atoms with Crippen molar-refractivity contribution in [2.24, 2.45) is 0 Å². The lowest BCUT2D eigenvalue weighted by atomic mass is 9.96. The number of aliphatic carboxylic acids is 1. The van der Waals surface area contributed by atoms with Crippen molar-refractivity contribution in [3.8, 4) is 0 Å². The molecule has 2 aromatic carbocycles. The number of rotatable bonds is 4. The lowest BCUT2D eigenvalue weighted by molar-refractivity contribution is -0.138. The molecule has 0 radical (unpaired) electrons. The number of hydrogen-bond donors (Lipinski definition) is 1. The van der Waals surface area contributed by atoms with Crippen LogP contribution < -0.4 is 0 Å². The van der Waals surface area contributed by atoms with Gasteiger partial charge < -0.3 is 5.11 Å². The van der Waals surface area contributed by atoms with Crippen LogP contribution in [0.3, 0.4) is 0 Å². The van der Waals surface area contributed by atoms with Crippen LogP contribution in [-0.4, -0.2) is 16.9 Å². The number of carbonyl (C=O) groups excluding carboxylic acids is 1. The molecule has 0 fully saturated rings. The first-order valence-electron chi connectivity index (χ1n) is 6.12. The van der Waals surface area contributed by atoms with Crippen molar-refractivity contribution >= 4 is 27.7 Å². The molecular weight excluding hydrogens is 320 g/mol. The van der Waals surface area contributed by atoms with Crippen LogP contribution in [0.25, 0.3) is 0 Å². The zero-order chi connectivity index (χ0) is 14.7. The maximum Gasteiger partial charge on any atom is 0.310 e. The molecule has 1 unspecified atom stereocenters. The highest BCUT2D eigenvalue weighted by atomic mass is 79.9. The predicted molar refractivity (Wildman–Crippen MR) is 80.1 cm³/mol. The van der Waals surface area contributed by atoms with E-state index in [0.717, 1.165) is 4.47 Å². The molecule has 0 saturated carbocycles. The Morgan fingerprint density at radius 3 is 2.25 bits per heavy atom. The van der Waals surface area contributed by atoms with Gasteiger partial charge >= 0.3 is 5.97 Å². The van der Waals surface area contributed by atoms with Crippen LogP contribution in [0, 0.1) is 0 Å². The second-order valence-electron chi connectivity index (χ2n) is 4.52. The Bertz CT molecular complexity index is 664. The van der Waals surface area contributed by atoms with Gasteiger partial charge in [-0.15, -0.1) is 0 Å². The maximum absolute atomic E-state index is 12.4. The number of carboxylic acids is 1. The average Bonchev–Trinajstić information content (AvgIpc) is 2.45. The highest BCUT2D eigenvalue weighted by Gasteiger charge is 2.16. The lowest BCUT2D eigenvalue weighted by Crippen LogP contribution is -2.09. The summed E-state index contributed by atoms with van der Waals surface area (Å²) in [6, 6.07) is 13.9. The molecule has 0 aromatic heterocycles. The van der Waals surface area contributed by atoms with E-state index in [2.05, 4.69) is 15.9 Å². The number of benzene rings is 2. The number of hydrogen-bond acceptors (Lipinski definition) is 2. The van der Waals surface area contributed by atoms with Crippen LogP contribution in [-0.2, 0) is 4.79 Å². The monoisotopic (exact) mass is 332 g/mol. The fourth-order valence-corrected chi connectivity index (χ4v) is 2.29. The molecule has 0 aliphatic heterocycles. The van der Waals surface area contributed by atoms with Crippen LogP contribution in [0.1, 0.15) is 34.3 Å². The Morgan fingerprint density at radius 2 is 1.65 bits per heavy atom. The molecule has 2 aromatic rings. The molecule has 1 atom stereocenters. The fraction of sp³-hybridized carbons (Fsp3) is 0.125. The van der Waals surface area contributed by atoms with Gasteiger partial charge in [0.15, 0.2) is 5.78 Å². The molecule has 0 saturated heterocycles. The van der Waals surface area contributed by atoms with Gasteiger partial charge in [0.2, 0.25) is 0 Å². The van der Waals surface area contributed by atoms with Crippen molar-refractivity contribution in [2.45, 2.75) is 12.8 Å². The SMILES string of the molecule is CC(C(=O)O)c1cccc(C(=O)c2cccc(Br)c2)c1. The average molecular weight is 333 g/mol. The van der Waals surface area contributed by atoms with Gasteiger partial charge in [0, 0.05) is 15.6 Å². The third-order valence-corrected chi connectivity index (χ3v) is 3.60. The standard InChI is InChI=1S/C16H13BrO3/c1-10(16(19)20)11-4-2-5-12(8-11)15(18)13-6-3-7-14(17)9-13/h2-10H,1H3,(H,19,20). The second kappa shape index (κ2) is 6.01. The first-order valence-corrected chi connectivity index (χ1v) is 6.91. The number of ketones is 1. The number of halogens is 1. The van der Waals surface area contributed by atoms with Gasteiger partial charge in [-0.3, -0.25) is 9.59 Å². The van der Waals surface area contributed by atoms with Gasteiger partial charge in [-0.2, -0.15) is 0 Å². The zero-order valence-electron chi connectivity index (χ0n) is 10.8. The van der Waals surface area contributed by atoms with Crippen molar-refractivity contribution in [2.75, 3.05) is 0 Å². The Morgan fingerprint density at radius 1 is 1.05 bits per heavy atom. The summed E-state index contributed by atoms with van der Waals surface area (Å²) in [5.41, 5.74) is 1.69. The minimum Gasteiger partial charge on any atom is -0.481 e. The van der Waals surface area contributed by atoms with Crippen molar-refractivity contribution in [3.63, 3.8) is 0 Å². The minimum atomic E-state index is -0.906. The van der Waals surface area contributed by atoms with Gasteiger partial charge in [0.25, 0.3) is 0 Å². The first kappa shape index (κ1) is 14.5. The summed E-state index contributed by atoms with van der Waals surface area (Å²) in [5, 5.41) is 9.03. The predicted octanol–water partition coefficient (Wildman–Crippen LogP) is 3.87. The van der Waals surface area contributed by atoms with E-state index in [-0.39, 0.29) is 5.78 Å². The lowest BCUT2D eigenvalue weighted by Gasteiger charge is -2.08. The van der Waals surface area contributed by atoms with E-state index in [0.29, 0.717) is 16.7 Å². The molecule has 0 heterocycles. The summed E-state index contributed by atoms with van der Waals surface area (Å²) >= 11 is 3.33. The van der Waals surface area contributed by atoms with E-state index >= 15 is 0 Å². The van der Waals surface area contributed by atoms with Crippen LogP contribution in [0.15, 0.2) is 53.0 Å². The van der Waals surface area contributed by atoms with Gasteiger partial charge in [0.1, 0.15) is 0 Å². The Balaban J connectivity index is 2.36. The largest absolute Gasteiger partial charge is 0.481 e. The normalized spacial score (nSPS) is 11.9. The van der Waals surface area contributed by atoms with E-state index in [9.17, 15) is 9.59 Å². The van der Waals surface area contributed by atoms with E-state index in [1.165, 1.54) is 0 Å². The smallest absolute Gasteiger partial charge is 0.310 e. The van der Waals surface area contributed by atoms with Crippen LogP contribution in [0.5, 0.6) is 0 Å². The molecule has 0 aliphatic rings. The van der Waals surface area contributed by atoms with E-state index in [1.54, 1.807) is 49.4 Å². The molecule has 4 heteroatoms. The molecule has 0 spiro atoms. The molecule has 3 nitrogen and oxygen atoms in total. The van der Waals surface area contributed by atoms with Crippen molar-refractivity contribution in [1.29, 1.82) is 0 Å². The van der Waals surface area contributed by atoms with Gasteiger partial charge in [0.05, 0.1) is 5.92 Å². The molecule has 0 amide bonds. The van der Waals surface area contributed by atoms with Crippen molar-refractivity contribution < 1.29 is 14.7 Å². The van der Waals surface area contributed by atoms with E-state index in [1.807, 2.05) is 6.07 Å². The fourth-order valence-electron chi connectivity index (χ4n) is 1.89. The number of carbonyl (C=O) groups is 2. The Labute approximate surface area is 125 Å². The van der Waals surface area contributed by atoms with Crippen LogP contribution in [0.2, 0.25) is 0 Å². The Hall–Kier alpha value is -1.94. The highest BCUT2D eigenvalue weighted by Crippen LogP contribution is 2.20. The Kier molecular flexibility index (Phi) is 4.35. The van der Waals surface area contributed by atoms with Gasteiger partial charge in [-0.25, -0.2) is 0 Å². The molecule has 1 N–H and O–H groups in total. The minimum absolute atomic E-state index is 0.120. The third-order valence-electron chi connectivity index (χ3n) is 3.11. The summed E-state index contributed by atoms with van der Waals surface area (Å²) in [5.74, 6) is -1.66. The van der Waals surface area contributed by atoms with Crippen molar-refractivity contribution in [1.82, 2.24) is 0 Å². The maximum atomic E-state index is 12.4. The third kappa shape index (κ3) is 3.14. The van der Waals surface area contributed by atoms with Gasteiger partial charge in [-0.1, -0.05) is 46.3 Å². The van der Waals surface area contributed by atoms with E-state index < -0.39 is 11.9 Å². The molecule has 102 valence electrons. The van der Waals surface area contributed by atoms with Crippen molar-refractivity contribution in [3.05, 3.63) is 69.7 Å². The molecule has 2 rings (SSSR count). The van der Waals surface area contributed by atoms with Gasteiger partial charge in [-0.05, 0) is 30.7 Å². The molecule has 20 heavy (non-hydrogen) atoms. The number of carboxylic acid groups (broad SMARTS) is 1. The topological polar surface area (TPSA) is 54.4 Å².